The fourth-order valence-electron chi connectivity index (χ4n) is 5.53. The molecule has 160 valence electrons. The number of hydrogen-bond donors (Lipinski definition) is 1. The van der Waals surface area contributed by atoms with Gasteiger partial charge in [0, 0.05) is 17.3 Å². The van der Waals surface area contributed by atoms with Crippen molar-refractivity contribution in [1.82, 2.24) is 14.8 Å². The predicted octanol–water partition coefficient (Wildman–Crippen LogP) is 5.04. The van der Waals surface area contributed by atoms with Gasteiger partial charge in [-0.1, -0.05) is 12.5 Å². The van der Waals surface area contributed by atoms with Gasteiger partial charge >= 0.3 is 0 Å². The molecule has 31 heavy (non-hydrogen) atoms. The quantitative estimate of drug-likeness (QED) is 0.628. The van der Waals surface area contributed by atoms with Gasteiger partial charge < -0.3 is 5.11 Å². The van der Waals surface area contributed by atoms with Crippen LogP contribution in [0.15, 0.2) is 54.4 Å². The van der Waals surface area contributed by atoms with Gasteiger partial charge in [-0.15, -0.1) is 0 Å². The van der Waals surface area contributed by atoms with Crippen LogP contribution in [-0.4, -0.2) is 25.5 Å². The molecular formula is C25H25F2N3O. The summed E-state index contributed by atoms with van der Waals surface area (Å²) in [6, 6.07) is 9.09. The first-order valence-electron chi connectivity index (χ1n) is 10.8. The lowest BCUT2D eigenvalue weighted by Gasteiger charge is -2.45. The van der Waals surface area contributed by atoms with Crippen LogP contribution in [-0.2, 0) is 12.8 Å². The van der Waals surface area contributed by atoms with Crippen molar-refractivity contribution in [2.75, 3.05) is 0 Å². The normalized spacial score (nSPS) is 24.6. The summed E-state index contributed by atoms with van der Waals surface area (Å²) >= 11 is 0. The predicted molar refractivity (Wildman–Crippen MR) is 115 cm³/mol. The fourth-order valence-corrected chi connectivity index (χ4v) is 5.53. The van der Waals surface area contributed by atoms with Gasteiger partial charge in [0.05, 0.1) is 23.2 Å². The molecule has 1 saturated carbocycles. The minimum atomic E-state index is -0.878. The fraction of sp³-hybridized carbons (Fsp3) is 0.360. The van der Waals surface area contributed by atoms with Gasteiger partial charge in [0.15, 0.2) is 0 Å². The summed E-state index contributed by atoms with van der Waals surface area (Å²) in [7, 11) is 0. The number of benzene rings is 1. The summed E-state index contributed by atoms with van der Waals surface area (Å²) < 4.78 is 28.8. The van der Waals surface area contributed by atoms with E-state index in [0.717, 1.165) is 29.8 Å². The van der Waals surface area contributed by atoms with E-state index in [9.17, 15) is 13.9 Å². The van der Waals surface area contributed by atoms with Crippen molar-refractivity contribution in [2.45, 2.75) is 51.0 Å². The molecule has 2 aliphatic rings. The molecule has 1 fully saturated rings. The maximum Gasteiger partial charge on any atom is 0.126 e. The molecule has 5 rings (SSSR count). The first kappa shape index (κ1) is 20.1. The smallest absolute Gasteiger partial charge is 0.126 e. The van der Waals surface area contributed by atoms with E-state index in [0.29, 0.717) is 31.4 Å². The first-order valence-corrected chi connectivity index (χ1v) is 10.8. The maximum atomic E-state index is 13.6. The second-order valence-electron chi connectivity index (χ2n) is 8.72. The number of nitrogens with zero attached hydrogens (tertiary/aromatic N) is 3. The minimum Gasteiger partial charge on any atom is -0.389 e. The van der Waals surface area contributed by atoms with Gasteiger partial charge in [-0.3, -0.25) is 4.98 Å². The number of aliphatic hydroxyl groups is 1. The van der Waals surface area contributed by atoms with Gasteiger partial charge in [0.25, 0.3) is 0 Å². The van der Waals surface area contributed by atoms with Crippen molar-refractivity contribution in [3.05, 3.63) is 83.0 Å². The Morgan fingerprint density at radius 3 is 2.68 bits per heavy atom. The summed E-state index contributed by atoms with van der Waals surface area (Å²) in [5.74, 6) is -0.577. The molecule has 3 aromatic rings. The molecule has 0 unspecified atom stereocenters. The molecule has 2 atom stereocenters. The van der Waals surface area contributed by atoms with E-state index in [4.69, 9.17) is 0 Å². The van der Waals surface area contributed by atoms with Crippen LogP contribution in [0.2, 0.25) is 0 Å². The SMILES string of the molecule is CC[C@]12Cc3cnn(-c4ccc(F)cc4)c3C=C1CC[C@@]2(O)CCc1cc(F)ccn1. The topological polar surface area (TPSA) is 50.9 Å². The second kappa shape index (κ2) is 7.38. The highest BCUT2D eigenvalue weighted by Crippen LogP contribution is 2.58. The molecule has 0 saturated heterocycles. The molecule has 2 heterocycles. The molecule has 2 aliphatic carbocycles. The molecule has 0 bridgehead atoms. The molecule has 0 aliphatic heterocycles. The lowest BCUT2D eigenvalue weighted by atomic mass is 9.63. The monoisotopic (exact) mass is 421 g/mol. The number of rotatable bonds is 5. The van der Waals surface area contributed by atoms with Gasteiger partial charge in [-0.2, -0.15) is 5.10 Å². The molecule has 0 radical (unpaired) electrons. The van der Waals surface area contributed by atoms with Crippen molar-refractivity contribution in [3.63, 3.8) is 0 Å². The Morgan fingerprint density at radius 1 is 1.13 bits per heavy atom. The van der Waals surface area contributed by atoms with Crippen LogP contribution < -0.4 is 0 Å². The van der Waals surface area contributed by atoms with E-state index in [2.05, 4.69) is 23.1 Å². The van der Waals surface area contributed by atoms with Gasteiger partial charge in [-0.25, -0.2) is 13.5 Å². The lowest BCUT2D eigenvalue weighted by molar-refractivity contribution is -0.0570. The van der Waals surface area contributed by atoms with Crippen LogP contribution in [0.1, 0.15) is 49.6 Å². The van der Waals surface area contributed by atoms with E-state index < -0.39 is 5.60 Å². The highest BCUT2D eigenvalue weighted by Gasteiger charge is 2.56. The van der Waals surface area contributed by atoms with Crippen molar-refractivity contribution < 1.29 is 13.9 Å². The number of aryl methyl sites for hydroxylation is 1. The number of fused-ring (bicyclic) bond motifs is 2. The van der Waals surface area contributed by atoms with Crippen molar-refractivity contribution >= 4 is 6.08 Å². The Bertz CT molecular complexity index is 1150. The average Bonchev–Trinajstić information content (AvgIpc) is 3.30. The second-order valence-corrected chi connectivity index (χ2v) is 8.72. The van der Waals surface area contributed by atoms with Crippen LogP contribution in [0.5, 0.6) is 0 Å². The minimum absolute atomic E-state index is 0.276. The molecule has 0 amide bonds. The standard InChI is InChI=1S/C25H25F2N3O/c1-2-24-15-17-16-29-30(22-5-3-19(26)4-6-22)23(17)13-18(24)7-10-25(24,31)11-8-21-14-20(27)9-12-28-21/h3-6,9,12-14,16,31H,2,7-8,10-11,15H2,1H3/t24-,25+/m0/s1. The van der Waals surface area contributed by atoms with E-state index >= 15 is 0 Å². The maximum absolute atomic E-state index is 13.6. The first-order chi connectivity index (χ1) is 14.9. The summed E-state index contributed by atoms with van der Waals surface area (Å²) in [4.78, 5) is 4.26. The lowest BCUT2D eigenvalue weighted by Crippen LogP contribution is -2.47. The van der Waals surface area contributed by atoms with Crippen molar-refractivity contribution in [1.29, 1.82) is 0 Å². The molecule has 0 spiro atoms. The molecular weight excluding hydrogens is 396 g/mol. The number of halogens is 2. The highest BCUT2D eigenvalue weighted by molar-refractivity contribution is 5.63. The Kier molecular flexibility index (Phi) is 4.77. The Morgan fingerprint density at radius 2 is 1.94 bits per heavy atom. The molecule has 6 heteroatoms. The third-order valence-corrected chi connectivity index (χ3v) is 7.25. The van der Waals surface area contributed by atoms with Crippen LogP contribution in [0.3, 0.4) is 0 Å². The van der Waals surface area contributed by atoms with Gasteiger partial charge in [0.1, 0.15) is 11.6 Å². The summed E-state index contributed by atoms with van der Waals surface area (Å²) in [5, 5.41) is 16.4. The molecule has 2 aromatic heterocycles. The average molecular weight is 421 g/mol. The number of aromatic nitrogens is 3. The largest absolute Gasteiger partial charge is 0.389 e. The van der Waals surface area contributed by atoms with Gasteiger partial charge in [0.2, 0.25) is 0 Å². The Labute approximate surface area is 180 Å². The van der Waals surface area contributed by atoms with E-state index in [1.807, 2.05) is 10.9 Å². The zero-order valence-corrected chi connectivity index (χ0v) is 17.5. The van der Waals surface area contributed by atoms with Crippen LogP contribution in [0, 0.1) is 17.0 Å². The highest BCUT2D eigenvalue weighted by atomic mass is 19.1. The Hall–Kier alpha value is -2.86. The third kappa shape index (κ3) is 3.21. The van der Waals surface area contributed by atoms with E-state index in [-0.39, 0.29) is 17.0 Å². The number of pyridine rings is 1. The van der Waals surface area contributed by atoms with Crippen LogP contribution >= 0.6 is 0 Å². The summed E-state index contributed by atoms with van der Waals surface area (Å²) in [6.07, 6.45) is 9.58. The zero-order chi connectivity index (χ0) is 21.6. The Balaban J connectivity index is 1.47. The van der Waals surface area contributed by atoms with Crippen LogP contribution in [0.25, 0.3) is 11.8 Å². The summed E-state index contributed by atoms with van der Waals surface area (Å²) in [6.45, 7) is 2.12. The molecule has 1 N–H and O–H groups in total. The molecule has 1 aromatic carbocycles. The van der Waals surface area contributed by atoms with Crippen molar-refractivity contribution in [3.8, 4) is 5.69 Å². The molecule has 4 nitrogen and oxygen atoms in total. The third-order valence-electron chi connectivity index (χ3n) is 7.25. The summed E-state index contributed by atoms with van der Waals surface area (Å²) in [5.41, 5.74) is 3.56. The van der Waals surface area contributed by atoms with Crippen LogP contribution in [0.4, 0.5) is 8.78 Å². The van der Waals surface area contributed by atoms with Gasteiger partial charge in [-0.05, 0) is 86.6 Å². The van der Waals surface area contributed by atoms with Crippen molar-refractivity contribution in [2.24, 2.45) is 5.41 Å². The zero-order valence-electron chi connectivity index (χ0n) is 17.5. The number of hydrogen-bond acceptors (Lipinski definition) is 3. The van der Waals surface area contributed by atoms with E-state index in [1.165, 1.54) is 36.0 Å². The van der Waals surface area contributed by atoms with E-state index in [1.54, 1.807) is 12.1 Å².